The van der Waals surface area contributed by atoms with E-state index in [0.29, 0.717) is 13.0 Å². The smallest absolute Gasteiger partial charge is 0.244 e. The summed E-state index contributed by atoms with van der Waals surface area (Å²) in [5, 5.41) is 5.65. The Balaban J connectivity index is 2.32. The molecule has 1 saturated heterocycles. The molecule has 1 aliphatic rings. The first-order valence-electron chi connectivity index (χ1n) is 6.38. The Bertz CT molecular complexity index is 262. The van der Waals surface area contributed by atoms with Crippen molar-refractivity contribution in [2.24, 2.45) is 0 Å². The fourth-order valence-corrected chi connectivity index (χ4v) is 2.00. The maximum Gasteiger partial charge on any atom is 0.244 e. The zero-order valence-corrected chi connectivity index (χ0v) is 10.8. The lowest BCUT2D eigenvalue weighted by atomic mass is 10.1. The van der Waals surface area contributed by atoms with Gasteiger partial charge in [0.1, 0.15) is 6.04 Å². The zero-order valence-electron chi connectivity index (χ0n) is 10.8. The van der Waals surface area contributed by atoms with Crippen LogP contribution in [0.3, 0.4) is 0 Å². The second-order valence-corrected chi connectivity index (χ2v) is 4.53. The third-order valence-electron chi connectivity index (χ3n) is 3.02. The van der Waals surface area contributed by atoms with Crippen LogP contribution in [0, 0.1) is 0 Å². The van der Waals surface area contributed by atoms with Crippen LogP contribution in [0.5, 0.6) is 0 Å². The number of nitrogens with one attached hydrogen (secondary N) is 2. The Morgan fingerprint density at radius 3 is 2.47 bits per heavy atom. The van der Waals surface area contributed by atoms with Crippen molar-refractivity contribution in [1.29, 1.82) is 0 Å². The summed E-state index contributed by atoms with van der Waals surface area (Å²) in [6.07, 6.45) is 3.76. The molecule has 0 radical (unpaired) electrons. The van der Waals surface area contributed by atoms with E-state index in [1.54, 1.807) is 14.0 Å². The molecule has 1 fully saturated rings. The van der Waals surface area contributed by atoms with Gasteiger partial charge in [0, 0.05) is 26.1 Å². The fraction of sp³-hybridized carbons (Fsp3) is 0.833. The van der Waals surface area contributed by atoms with Gasteiger partial charge in [0.15, 0.2) is 0 Å². The first-order valence-corrected chi connectivity index (χ1v) is 6.38. The first-order chi connectivity index (χ1) is 8.15. The highest BCUT2D eigenvalue weighted by atomic mass is 16.2. The number of hydrogen-bond acceptors (Lipinski definition) is 3. The van der Waals surface area contributed by atoms with Crippen LogP contribution in [0.25, 0.3) is 0 Å². The minimum Gasteiger partial charge on any atom is -0.345 e. The number of carbonyl (C=O) groups excluding carboxylic acids is 2. The van der Waals surface area contributed by atoms with Gasteiger partial charge < -0.3 is 15.5 Å². The Morgan fingerprint density at radius 2 is 1.88 bits per heavy atom. The predicted octanol–water partition coefficient (Wildman–Crippen LogP) is 0.113. The first kappa shape index (κ1) is 14.0. The van der Waals surface area contributed by atoms with E-state index in [1.165, 1.54) is 6.42 Å². The third-order valence-corrected chi connectivity index (χ3v) is 3.02. The van der Waals surface area contributed by atoms with Crippen LogP contribution in [0.15, 0.2) is 0 Å². The number of amides is 2. The van der Waals surface area contributed by atoms with Crippen LogP contribution in [0.4, 0.5) is 0 Å². The molecule has 5 nitrogen and oxygen atoms in total. The van der Waals surface area contributed by atoms with Crippen molar-refractivity contribution in [3.8, 4) is 0 Å². The molecule has 0 spiro atoms. The summed E-state index contributed by atoms with van der Waals surface area (Å²) in [6, 6.07) is -0.405. The molecular weight excluding hydrogens is 218 g/mol. The second-order valence-electron chi connectivity index (χ2n) is 4.53. The number of likely N-dealkylation sites (tertiary alicyclic amines) is 1. The standard InChI is InChI=1S/C12H23N3O2/c1-10(14-11(16)6-7-13-2)12(17)15-8-4-3-5-9-15/h10,13H,3-9H2,1-2H3,(H,14,16)/t10-/m0/s1. The molecule has 5 heteroatoms. The molecule has 0 aliphatic carbocycles. The highest BCUT2D eigenvalue weighted by Crippen LogP contribution is 2.09. The lowest BCUT2D eigenvalue weighted by molar-refractivity contribution is -0.136. The number of piperidine rings is 1. The average Bonchev–Trinajstić information content (AvgIpc) is 2.36. The Kier molecular flexibility index (Phi) is 5.97. The van der Waals surface area contributed by atoms with Gasteiger partial charge in [0.05, 0.1) is 0 Å². The maximum atomic E-state index is 12.0. The molecular formula is C12H23N3O2. The molecule has 17 heavy (non-hydrogen) atoms. The van der Waals surface area contributed by atoms with Crippen molar-refractivity contribution in [1.82, 2.24) is 15.5 Å². The van der Waals surface area contributed by atoms with E-state index >= 15 is 0 Å². The number of rotatable bonds is 5. The predicted molar refractivity (Wildman–Crippen MR) is 66.6 cm³/mol. The van der Waals surface area contributed by atoms with Crippen LogP contribution < -0.4 is 10.6 Å². The third kappa shape index (κ3) is 4.73. The van der Waals surface area contributed by atoms with E-state index in [2.05, 4.69) is 10.6 Å². The molecule has 0 bridgehead atoms. The molecule has 0 aromatic heterocycles. The van der Waals surface area contributed by atoms with Crippen LogP contribution in [-0.2, 0) is 9.59 Å². The molecule has 0 unspecified atom stereocenters. The quantitative estimate of drug-likeness (QED) is 0.718. The zero-order chi connectivity index (χ0) is 12.7. The molecule has 1 heterocycles. The summed E-state index contributed by atoms with van der Waals surface area (Å²) in [5.41, 5.74) is 0. The molecule has 1 rings (SSSR count). The SMILES string of the molecule is CNCCC(=O)N[C@@H](C)C(=O)N1CCCCC1. The van der Waals surface area contributed by atoms with Gasteiger partial charge in [-0.15, -0.1) is 0 Å². The molecule has 0 aromatic carbocycles. The Morgan fingerprint density at radius 1 is 1.24 bits per heavy atom. The average molecular weight is 241 g/mol. The minimum absolute atomic E-state index is 0.0440. The van der Waals surface area contributed by atoms with E-state index < -0.39 is 6.04 Å². The highest BCUT2D eigenvalue weighted by Gasteiger charge is 2.22. The second kappa shape index (κ2) is 7.27. The molecule has 2 N–H and O–H groups in total. The van der Waals surface area contributed by atoms with E-state index in [9.17, 15) is 9.59 Å². The van der Waals surface area contributed by atoms with Crippen molar-refractivity contribution >= 4 is 11.8 Å². The normalized spacial score (nSPS) is 17.6. The van der Waals surface area contributed by atoms with Crippen LogP contribution in [0.1, 0.15) is 32.6 Å². The lowest BCUT2D eigenvalue weighted by Crippen LogP contribution is -2.48. The molecule has 0 saturated carbocycles. The highest BCUT2D eigenvalue weighted by molar-refractivity contribution is 5.87. The van der Waals surface area contributed by atoms with E-state index in [-0.39, 0.29) is 11.8 Å². The van der Waals surface area contributed by atoms with Gasteiger partial charge in [-0.3, -0.25) is 9.59 Å². The summed E-state index contributed by atoms with van der Waals surface area (Å²) in [5.74, 6) is -0.0280. The Hall–Kier alpha value is -1.10. The van der Waals surface area contributed by atoms with Gasteiger partial charge in [0.2, 0.25) is 11.8 Å². The topological polar surface area (TPSA) is 61.4 Å². The lowest BCUT2D eigenvalue weighted by Gasteiger charge is -2.29. The Labute approximate surface area is 103 Å². The number of carbonyl (C=O) groups is 2. The molecule has 1 aliphatic heterocycles. The van der Waals surface area contributed by atoms with E-state index in [0.717, 1.165) is 25.9 Å². The summed E-state index contributed by atoms with van der Waals surface area (Å²) in [4.78, 5) is 25.3. The summed E-state index contributed by atoms with van der Waals surface area (Å²) < 4.78 is 0. The molecule has 2 amide bonds. The molecule has 0 aromatic rings. The minimum atomic E-state index is -0.405. The van der Waals surface area contributed by atoms with E-state index in [4.69, 9.17) is 0 Å². The van der Waals surface area contributed by atoms with Gasteiger partial charge in [-0.1, -0.05) is 0 Å². The maximum absolute atomic E-state index is 12.0. The number of nitrogens with zero attached hydrogens (tertiary/aromatic N) is 1. The molecule has 1 atom stereocenters. The van der Waals surface area contributed by atoms with Crippen molar-refractivity contribution in [3.63, 3.8) is 0 Å². The molecule has 98 valence electrons. The largest absolute Gasteiger partial charge is 0.345 e. The van der Waals surface area contributed by atoms with Crippen molar-refractivity contribution in [2.75, 3.05) is 26.7 Å². The summed E-state index contributed by atoms with van der Waals surface area (Å²) >= 11 is 0. The van der Waals surface area contributed by atoms with Crippen molar-refractivity contribution in [2.45, 2.75) is 38.6 Å². The van der Waals surface area contributed by atoms with Gasteiger partial charge in [-0.05, 0) is 33.2 Å². The van der Waals surface area contributed by atoms with Crippen molar-refractivity contribution < 1.29 is 9.59 Å². The summed E-state index contributed by atoms with van der Waals surface area (Å²) in [6.45, 7) is 4.05. The van der Waals surface area contributed by atoms with E-state index in [1.807, 2.05) is 4.90 Å². The van der Waals surface area contributed by atoms with Crippen LogP contribution in [0.2, 0.25) is 0 Å². The summed E-state index contributed by atoms with van der Waals surface area (Å²) in [7, 11) is 1.80. The fourth-order valence-electron chi connectivity index (χ4n) is 2.00. The van der Waals surface area contributed by atoms with Crippen LogP contribution >= 0.6 is 0 Å². The van der Waals surface area contributed by atoms with Gasteiger partial charge >= 0.3 is 0 Å². The van der Waals surface area contributed by atoms with Gasteiger partial charge in [-0.25, -0.2) is 0 Å². The van der Waals surface area contributed by atoms with Gasteiger partial charge in [-0.2, -0.15) is 0 Å². The number of hydrogen-bond donors (Lipinski definition) is 2. The van der Waals surface area contributed by atoms with Crippen LogP contribution in [-0.4, -0.2) is 49.4 Å². The van der Waals surface area contributed by atoms with Gasteiger partial charge in [0.25, 0.3) is 0 Å². The monoisotopic (exact) mass is 241 g/mol. The van der Waals surface area contributed by atoms with Crippen molar-refractivity contribution in [3.05, 3.63) is 0 Å².